The minimum absolute atomic E-state index is 0.164. The van der Waals surface area contributed by atoms with Gasteiger partial charge in [-0.05, 0) is 44.2 Å². The van der Waals surface area contributed by atoms with Crippen molar-refractivity contribution in [1.82, 2.24) is 5.32 Å². The topological polar surface area (TPSA) is 94.2 Å². The highest BCUT2D eigenvalue weighted by Crippen LogP contribution is 2.35. The van der Waals surface area contributed by atoms with Crippen molar-refractivity contribution in [2.24, 2.45) is 0 Å². The van der Waals surface area contributed by atoms with Crippen molar-refractivity contribution in [2.75, 3.05) is 18.1 Å². The first-order valence-corrected chi connectivity index (χ1v) is 12.1. The number of barbiturate groups is 1. The first-order valence-electron chi connectivity index (χ1n) is 11.7. The number of carbonyl (C=O) groups is 3. The molecule has 0 aliphatic carbocycles. The normalized spacial score (nSPS) is 14.5. The van der Waals surface area contributed by atoms with Crippen LogP contribution >= 0.6 is 11.6 Å². The number of anilines is 1. The molecule has 1 heterocycles. The van der Waals surface area contributed by atoms with Crippen molar-refractivity contribution < 1.29 is 28.6 Å². The number of imide groups is 2. The molecule has 0 bridgehead atoms. The molecule has 8 nitrogen and oxygen atoms in total. The molecule has 1 aliphatic heterocycles. The van der Waals surface area contributed by atoms with Gasteiger partial charge in [0.05, 0.1) is 18.9 Å². The zero-order valence-electron chi connectivity index (χ0n) is 20.3. The van der Waals surface area contributed by atoms with Gasteiger partial charge >= 0.3 is 6.03 Å². The lowest BCUT2D eigenvalue weighted by molar-refractivity contribution is -0.122. The summed E-state index contributed by atoms with van der Waals surface area (Å²) in [6.45, 7) is 4.49. The Morgan fingerprint density at radius 3 is 2.35 bits per heavy atom. The van der Waals surface area contributed by atoms with E-state index in [1.54, 1.807) is 49.4 Å². The van der Waals surface area contributed by atoms with Gasteiger partial charge in [-0.1, -0.05) is 48.0 Å². The molecular formula is C28H25ClN2O6. The summed E-state index contributed by atoms with van der Waals surface area (Å²) in [5.74, 6) is -0.434. The highest BCUT2D eigenvalue weighted by molar-refractivity contribution is 6.39. The van der Waals surface area contributed by atoms with Gasteiger partial charge in [-0.15, -0.1) is 0 Å². The number of rotatable bonds is 9. The van der Waals surface area contributed by atoms with Gasteiger partial charge in [-0.2, -0.15) is 0 Å². The van der Waals surface area contributed by atoms with Gasteiger partial charge in [0.15, 0.2) is 0 Å². The molecule has 0 unspecified atom stereocenters. The summed E-state index contributed by atoms with van der Waals surface area (Å²) in [4.78, 5) is 40.0. The van der Waals surface area contributed by atoms with Crippen molar-refractivity contribution in [3.05, 3.63) is 88.5 Å². The smallest absolute Gasteiger partial charge is 0.336 e. The largest absolute Gasteiger partial charge is 0.494 e. The lowest BCUT2D eigenvalue weighted by Crippen LogP contribution is -2.54. The van der Waals surface area contributed by atoms with E-state index in [2.05, 4.69) is 5.32 Å². The number of para-hydroxylation sites is 1. The van der Waals surface area contributed by atoms with Crippen LogP contribution in [-0.4, -0.2) is 31.1 Å². The van der Waals surface area contributed by atoms with Gasteiger partial charge in [0.2, 0.25) is 0 Å². The molecule has 37 heavy (non-hydrogen) atoms. The maximum atomic E-state index is 13.5. The lowest BCUT2D eigenvalue weighted by Gasteiger charge is -2.28. The fourth-order valence-electron chi connectivity index (χ4n) is 3.74. The average Bonchev–Trinajstić information content (AvgIpc) is 2.88. The molecule has 1 N–H and O–H groups in total. The van der Waals surface area contributed by atoms with Crippen molar-refractivity contribution in [3.8, 4) is 17.2 Å². The second kappa shape index (κ2) is 11.6. The lowest BCUT2D eigenvalue weighted by atomic mass is 10.1. The molecule has 0 spiro atoms. The van der Waals surface area contributed by atoms with E-state index in [-0.39, 0.29) is 17.9 Å². The number of carbonyl (C=O) groups excluding carboxylic acids is 3. The summed E-state index contributed by atoms with van der Waals surface area (Å²) in [6.07, 6.45) is 1.39. The van der Waals surface area contributed by atoms with E-state index >= 15 is 0 Å². The minimum Gasteiger partial charge on any atom is -0.494 e. The Bertz CT molecular complexity index is 1370. The van der Waals surface area contributed by atoms with Crippen molar-refractivity contribution >= 4 is 41.2 Å². The van der Waals surface area contributed by atoms with Crippen LogP contribution in [0.1, 0.15) is 25.0 Å². The number of nitrogens with zero attached hydrogens (tertiary/aromatic N) is 1. The van der Waals surface area contributed by atoms with Crippen LogP contribution in [0.2, 0.25) is 5.02 Å². The zero-order chi connectivity index (χ0) is 26.4. The standard InChI is InChI=1S/C28H25ClN2O6/c1-3-35-20-13-14-25(36-4-2)23(16-20)31-27(33)21(26(32)30-28(31)34)15-18-9-6-8-12-24(18)37-17-19-10-5-7-11-22(19)29/h5-16H,3-4,17H2,1-2H3,(H,30,32,34)/b21-15+. The Morgan fingerprint density at radius 1 is 0.865 bits per heavy atom. The Labute approximate surface area is 219 Å². The Hall–Kier alpha value is -4.30. The van der Waals surface area contributed by atoms with Crippen LogP contribution in [0.25, 0.3) is 6.08 Å². The van der Waals surface area contributed by atoms with Crippen LogP contribution in [0.15, 0.2) is 72.3 Å². The van der Waals surface area contributed by atoms with Crippen LogP contribution in [0.3, 0.4) is 0 Å². The highest BCUT2D eigenvalue weighted by Gasteiger charge is 2.38. The molecule has 1 fully saturated rings. The van der Waals surface area contributed by atoms with E-state index < -0.39 is 17.8 Å². The van der Waals surface area contributed by atoms with E-state index in [0.29, 0.717) is 41.0 Å². The van der Waals surface area contributed by atoms with E-state index in [4.69, 9.17) is 25.8 Å². The molecule has 1 saturated heterocycles. The van der Waals surface area contributed by atoms with Crippen LogP contribution in [0.4, 0.5) is 10.5 Å². The van der Waals surface area contributed by atoms with Gasteiger partial charge in [0, 0.05) is 22.2 Å². The summed E-state index contributed by atoms with van der Waals surface area (Å²) in [5, 5.41) is 2.80. The summed E-state index contributed by atoms with van der Waals surface area (Å²) < 4.78 is 17.1. The molecule has 1 aliphatic rings. The van der Waals surface area contributed by atoms with Crippen LogP contribution < -0.4 is 24.4 Å². The van der Waals surface area contributed by atoms with Crippen molar-refractivity contribution in [1.29, 1.82) is 0 Å². The zero-order valence-corrected chi connectivity index (χ0v) is 21.1. The average molecular weight is 521 g/mol. The summed E-state index contributed by atoms with van der Waals surface area (Å²) in [6, 6.07) is 18.2. The Kier molecular flexibility index (Phi) is 8.10. The molecule has 190 valence electrons. The van der Waals surface area contributed by atoms with E-state index in [0.717, 1.165) is 10.5 Å². The minimum atomic E-state index is -0.884. The molecule has 0 atom stereocenters. The number of ether oxygens (including phenoxy) is 3. The molecule has 3 aromatic carbocycles. The number of amides is 4. The van der Waals surface area contributed by atoms with Crippen molar-refractivity contribution in [3.63, 3.8) is 0 Å². The maximum absolute atomic E-state index is 13.5. The molecule has 4 rings (SSSR count). The Morgan fingerprint density at radius 2 is 1.59 bits per heavy atom. The highest BCUT2D eigenvalue weighted by atomic mass is 35.5. The number of hydrogen-bond donors (Lipinski definition) is 1. The van der Waals surface area contributed by atoms with Gasteiger partial charge in [0.1, 0.15) is 29.4 Å². The molecule has 0 aromatic heterocycles. The second-order valence-corrected chi connectivity index (χ2v) is 8.28. The Balaban J connectivity index is 1.69. The number of benzene rings is 3. The van der Waals surface area contributed by atoms with E-state index in [1.165, 1.54) is 12.1 Å². The van der Waals surface area contributed by atoms with Crippen LogP contribution in [0, 0.1) is 0 Å². The third kappa shape index (κ3) is 5.76. The fraction of sp³-hybridized carbons (Fsp3) is 0.179. The number of urea groups is 1. The molecule has 0 radical (unpaired) electrons. The quantitative estimate of drug-likeness (QED) is 0.300. The fourth-order valence-corrected chi connectivity index (χ4v) is 3.93. The number of halogens is 1. The molecule has 3 aromatic rings. The van der Waals surface area contributed by atoms with Gasteiger partial charge in [0.25, 0.3) is 11.8 Å². The van der Waals surface area contributed by atoms with Gasteiger partial charge in [-0.25, -0.2) is 9.69 Å². The van der Waals surface area contributed by atoms with Crippen LogP contribution in [0.5, 0.6) is 17.2 Å². The van der Waals surface area contributed by atoms with Crippen LogP contribution in [-0.2, 0) is 16.2 Å². The molecule has 4 amide bonds. The predicted octanol–water partition coefficient (Wildman–Crippen LogP) is 5.38. The first kappa shape index (κ1) is 25.8. The first-order chi connectivity index (χ1) is 17.9. The SMILES string of the molecule is CCOc1ccc(OCC)c(N2C(=O)NC(=O)/C(=C\c3ccccc3OCc3ccccc3Cl)C2=O)c1. The third-order valence-electron chi connectivity index (χ3n) is 5.44. The predicted molar refractivity (Wildman–Crippen MR) is 140 cm³/mol. The monoisotopic (exact) mass is 520 g/mol. The maximum Gasteiger partial charge on any atom is 0.336 e. The third-order valence-corrected chi connectivity index (χ3v) is 5.81. The van der Waals surface area contributed by atoms with Gasteiger partial charge in [-0.3, -0.25) is 14.9 Å². The molecular weight excluding hydrogens is 496 g/mol. The van der Waals surface area contributed by atoms with E-state index in [1.807, 2.05) is 25.1 Å². The summed E-state index contributed by atoms with van der Waals surface area (Å²) in [5.41, 5.74) is 1.19. The molecule has 9 heteroatoms. The van der Waals surface area contributed by atoms with E-state index in [9.17, 15) is 14.4 Å². The second-order valence-electron chi connectivity index (χ2n) is 7.87. The molecule has 0 saturated carbocycles. The van der Waals surface area contributed by atoms with Gasteiger partial charge < -0.3 is 14.2 Å². The summed E-state index contributed by atoms with van der Waals surface area (Å²) in [7, 11) is 0. The number of hydrogen-bond acceptors (Lipinski definition) is 6. The number of nitrogens with one attached hydrogen (secondary N) is 1. The summed E-state index contributed by atoms with van der Waals surface area (Å²) >= 11 is 6.23. The van der Waals surface area contributed by atoms with Crippen molar-refractivity contribution in [2.45, 2.75) is 20.5 Å².